The van der Waals surface area contributed by atoms with Gasteiger partial charge in [0.1, 0.15) is 5.60 Å². The molecule has 0 heterocycles. The summed E-state index contributed by atoms with van der Waals surface area (Å²) in [6.45, 7) is 7.92. The molecular weight excluding hydrogens is 196 g/mol. The summed E-state index contributed by atoms with van der Waals surface area (Å²) in [6, 6.07) is 0. The van der Waals surface area contributed by atoms with E-state index in [0.29, 0.717) is 13.1 Å². The van der Waals surface area contributed by atoms with Crippen molar-refractivity contribution in [3.8, 4) is 0 Å². The van der Waals surface area contributed by atoms with Crippen LogP contribution in [-0.4, -0.2) is 37.5 Å². The van der Waals surface area contributed by atoms with Crippen LogP contribution in [0.15, 0.2) is 0 Å². The molecule has 1 amide bonds. The lowest BCUT2D eigenvalue weighted by molar-refractivity contribution is 0.00719. The molecule has 0 aliphatic rings. The lowest BCUT2D eigenvalue weighted by Crippen LogP contribution is -2.48. The third kappa shape index (κ3) is 6.30. The Labute approximate surface area is 91.3 Å². The molecule has 3 N–H and O–H groups in total. The molecule has 90 valence electrons. The highest BCUT2D eigenvalue weighted by Gasteiger charge is 2.24. The topological polar surface area (TPSA) is 73.6 Å². The van der Waals surface area contributed by atoms with Crippen molar-refractivity contribution in [3.63, 3.8) is 0 Å². The molecule has 1 unspecified atom stereocenters. The van der Waals surface area contributed by atoms with E-state index in [4.69, 9.17) is 15.2 Å². The standard InChI is InChI=1S/C10H22N2O3/c1-9(2,3)15-8(13)12-7-10(4,6-11)14-5/h6-7,11H2,1-5H3,(H,12,13). The summed E-state index contributed by atoms with van der Waals surface area (Å²) < 4.78 is 10.2. The first-order chi connectivity index (χ1) is 6.72. The molecule has 0 aromatic carbocycles. The second-order valence-electron chi connectivity index (χ2n) is 4.71. The van der Waals surface area contributed by atoms with Crippen LogP contribution in [0.2, 0.25) is 0 Å². The summed E-state index contributed by atoms with van der Waals surface area (Å²) in [6.07, 6.45) is -0.459. The Morgan fingerprint density at radius 1 is 1.33 bits per heavy atom. The maximum Gasteiger partial charge on any atom is 0.407 e. The van der Waals surface area contributed by atoms with E-state index in [-0.39, 0.29) is 0 Å². The van der Waals surface area contributed by atoms with Crippen LogP contribution in [0, 0.1) is 0 Å². The Morgan fingerprint density at radius 3 is 2.20 bits per heavy atom. The molecule has 0 fully saturated rings. The average molecular weight is 218 g/mol. The Balaban J connectivity index is 4.00. The third-order valence-corrected chi connectivity index (χ3v) is 1.93. The van der Waals surface area contributed by atoms with Gasteiger partial charge in [-0.05, 0) is 27.7 Å². The minimum Gasteiger partial charge on any atom is -0.444 e. The highest BCUT2D eigenvalue weighted by Crippen LogP contribution is 2.08. The minimum atomic E-state index is -0.545. The van der Waals surface area contributed by atoms with Gasteiger partial charge >= 0.3 is 6.09 Å². The van der Waals surface area contributed by atoms with Gasteiger partial charge in [-0.15, -0.1) is 0 Å². The molecule has 0 aliphatic heterocycles. The number of hydrogen-bond acceptors (Lipinski definition) is 4. The summed E-state index contributed by atoms with van der Waals surface area (Å²) in [5.74, 6) is 0. The van der Waals surface area contributed by atoms with Crippen molar-refractivity contribution in [1.29, 1.82) is 0 Å². The second-order valence-corrected chi connectivity index (χ2v) is 4.71. The predicted molar refractivity (Wildman–Crippen MR) is 58.7 cm³/mol. The lowest BCUT2D eigenvalue weighted by Gasteiger charge is -2.27. The van der Waals surface area contributed by atoms with Crippen molar-refractivity contribution in [1.82, 2.24) is 5.32 Å². The van der Waals surface area contributed by atoms with Crippen LogP contribution >= 0.6 is 0 Å². The van der Waals surface area contributed by atoms with Gasteiger partial charge in [-0.2, -0.15) is 0 Å². The van der Waals surface area contributed by atoms with Gasteiger partial charge in [-0.25, -0.2) is 4.79 Å². The first kappa shape index (κ1) is 14.2. The molecule has 0 aliphatic carbocycles. The zero-order valence-corrected chi connectivity index (χ0v) is 10.2. The lowest BCUT2D eigenvalue weighted by atomic mass is 10.1. The zero-order chi connectivity index (χ0) is 12.1. The van der Waals surface area contributed by atoms with Gasteiger partial charge in [0.2, 0.25) is 0 Å². The fraction of sp³-hybridized carbons (Fsp3) is 0.900. The molecule has 0 aromatic rings. The Morgan fingerprint density at radius 2 is 1.87 bits per heavy atom. The number of alkyl carbamates (subject to hydrolysis) is 1. The van der Waals surface area contributed by atoms with Crippen LogP contribution in [0.5, 0.6) is 0 Å². The van der Waals surface area contributed by atoms with Gasteiger partial charge in [0.05, 0.1) is 12.1 Å². The largest absolute Gasteiger partial charge is 0.444 e. The number of nitrogens with one attached hydrogen (secondary N) is 1. The fourth-order valence-electron chi connectivity index (χ4n) is 0.801. The van der Waals surface area contributed by atoms with Crippen LogP contribution in [0.3, 0.4) is 0 Å². The van der Waals surface area contributed by atoms with Crippen LogP contribution in [0.1, 0.15) is 27.7 Å². The van der Waals surface area contributed by atoms with E-state index in [9.17, 15) is 4.79 Å². The van der Waals surface area contributed by atoms with Crippen molar-refractivity contribution < 1.29 is 14.3 Å². The average Bonchev–Trinajstić information content (AvgIpc) is 2.12. The Hall–Kier alpha value is -0.810. The summed E-state index contributed by atoms with van der Waals surface area (Å²) in [5, 5.41) is 2.62. The third-order valence-electron chi connectivity index (χ3n) is 1.93. The number of nitrogens with two attached hydrogens (primary N) is 1. The second kappa shape index (κ2) is 5.32. The van der Waals surface area contributed by atoms with Crippen LogP contribution in [0.25, 0.3) is 0 Å². The zero-order valence-electron chi connectivity index (χ0n) is 10.2. The van der Waals surface area contributed by atoms with Gasteiger partial charge in [-0.3, -0.25) is 0 Å². The first-order valence-electron chi connectivity index (χ1n) is 4.94. The van der Waals surface area contributed by atoms with Crippen molar-refractivity contribution in [2.45, 2.75) is 38.9 Å². The summed E-state index contributed by atoms with van der Waals surface area (Å²) >= 11 is 0. The van der Waals surface area contributed by atoms with E-state index >= 15 is 0 Å². The number of ether oxygens (including phenoxy) is 2. The molecule has 0 saturated heterocycles. The molecule has 0 radical (unpaired) electrons. The molecule has 5 heteroatoms. The number of hydrogen-bond donors (Lipinski definition) is 2. The SMILES string of the molecule is COC(C)(CN)CNC(=O)OC(C)(C)C. The molecular formula is C10H22N2O3. The number of carbonyl (C=O) groups is 1. The number of amides is 1. The molecule has 0 spiro atoms. The van der Waals surface area contributed by atoms with Crippen molar-refractivity contribution in [2.24, 2.45) is 5.73 Å². The maximum atomic E-state index is 11.3. The molecule has 0 saturated carbocycles. The van der Waals surface area contributed by atoms with Crippen molar-refractivity contribution in [2.75, 3.05) is 20.2 Å². The van der Waals surface area contributed by atoms with E-state index < -0.39 is 17.3 Å². The van der Waals surface area contributed by atoms with Crippen LogP contribution in [0.4, 0.5) is 4.79 Å². The summed E-state index contributed by atoms with van der Waals surface area (Å²) in [7, 11) is 1.56. The van der Waals surface area contributed by atoms with Crippen molar-refractivity contribution >= 4 is 6.09 Å². The van der Waals surface area contributed by atoms with Gasteiger partial charge in [-0.1, -0.05) is 0 Å². The van der Waals surface area contributed by atoms with E-state index in [1.165, 1.54) is 0 Å². The summed E-state index contributed by atoms with van der Waals surface area (Å²) in [4.78, 5) is 11.3. The van der Waals surface area contributed by atoms with E-state index in [1.807, 2.05) is 27.7 Å². The molecule has 15 heavy (non-hydrogen) atoms. The van der Waals surface area contributed by atoms with Crippen LogP contribution in [-0.2, 0) is 9.47 Å². The first-order valence-corrected chi connectivity index (χ1v) is 4.94. The number of methoxy groups -OCH3 is 1. The highest BCUT2D eigenvalue weighted by atomic mass is 16.6. The number of carbonyl (C=O) groups excluding carboxylic acids is 1. The van der Waals surface area contributed by atoms with Gasteiger partial charge in [0.25, 0.3) is 0 Å². The van der Waals surface area contributed by atoms with E-state index in [1.54, 1.807) is 7.11 Å². The van der Waals surface area contributed by atoms with Gasteiger partial charge in [0.15, 0.2) is 0 Å². The van der Waals surface area contributed by atoms with E-state index in [2.05, 4.69) is 5.32 Å². The van der Waals surface area contributed by atoms with Crippen molar-refractivity contribution in [3.05, 3.63) is 0 Å². The molecule has 1 atom stereocenters. The number of rotatable bonds is 4. The molecule has 5 nitrogen and oxygen atoms in total. The van der Waals surface area contributed by atoms with Gasteiger partial charge < -0.3 is 20.5 Å². The maximum absolute atomic E-state index is 11.3. The molecule has 0 rings (SSSR count). The molecule has 0 aromatic heterocycles. The highest BCUT2D eigenvalue weighted by molar-refractivity contribution is 5.67. The Kier molecular flexibility index (Phi) is 5.03. The monoisotopic (exact) mass is 218 g/mol. The quantitative estimate of drug-likeness (QED) is 0.734. The summed E-state index contributed by atoms with van der Waals surface area (Å²) in [5.41, 5.74) is 4.48. The van der Waals surface area contributed by atoms with Gasteiger partial charge in [0, 0.05) is 13.7 Å². The normalized spacial score (nSPS) is 15.6. The predicted octanol–water partition coefficient (Wildman–Crippen LogP) is 0.875. The van der Waals surface area contributed by atoms with E-state index in [0.717, 1.165) is 0 Å². The molecule has 0 bridgehead atoms. The Bertz CT molecular complexity index is 207. The minimum absolute atomic E-state index is 0.328. The fourth-order valence-corrected chi connectivity index (χ4v) is 0.801. The van der Waals surface area contributed by atoms with Crippen LogP contribution < -0.4 is 11.1 Å². The smallest absolute Gasteiger partial charge is 0.407 e.